The molecule has 0 aliphatic heterocycles. The predicted molar refractivity (Wildman–Crippen MR) is 159 cm³/mol. The van der Waals surface area contributed by atoms with Crippen LogP contribution in [0.3, 0.4) is 0 Å². The molecule has 15 heteroatoms. The van der Waals surface area contributed by atoms with E-state index in [-0.39, 0.29) is 17.9 Å². The third-order valence-corrected chi connectivity index (χ3v) is 8.13. The van der Waals surface area contributed by atoms with E-state index in [0.717, 1.165) is 22.5 Å². The Morgan fingerprint density at radius 3 is 1.93 bits per heavy atom. The maximum absolute atomic E-state index is 11.4. The van der Waals surface area contributed by atoms with E-state index in [2.05, 4.69) is 15.5 Å². The molecule has 2 rings (SSSR count). The predicted octanol–water partition coefficient (Wildman–Crippen LogP) is 1.43. The summed E-state index contributed by atoms with van der Waals surface area (Å²) in [4.78, 5) is 63.2. The van der Waals surface area contributed by atoms with E-state index in [1.165, 1.54) is 37.4 Å². The minimum atomic E-state index is -1.10. The molecule has 0 saturated carbocycles. The average molecular weight is 612 g/mol. The number of imidazole rings is 1. The highest BCUT2D eigenvalue weighted by Gasteiger charge is 2.20. The summed E-state index contributed by atoms with van der Waals surface area (Å²) < 4.78 is 1.94. The van der Waals surface area contributed by atoms with Gasteiger partial charge in [-0.25, -0.2) is 14.6 Å². The quantitative estimate of drug-likeness (QED) is 0.144. The summed E-state index contributed by atoms with van der Waals surface area (Å²) in [5.74, 6) is -1.57. The number of carbonyl (C=O) groups is 5. The lowest BCUT2D eigenvalue weighted by atomic mass is 10.2. The van der Waals surface area contributed by atoms with E-state index >= 15 is 0 Å². The van der Waals surface area contributed by atoms with Crippen LogP contribution in [0.15, 0.2) is 18.2 Å². The van der Waals surface area contributed by atoms with E-state index in [0.29, 0.717) is 37.4 Å². The van der Waals surface area contributed by atoms with Gasteiger partial charge in [-0.15, -0.1) is 0 Å². The van der Waals surface area contributed by atoms with Crippen molar-refractivity contribution in [3.63, 3.8) is 0 Å². The summed E-state index contributed by atoms with van der Waals surface area (Å²) in [7, 11) is 1.89. The Morgan fingerprint density at radius 1 is 0.927 bits per heavy atom. The number of hydrogen-bond donors (Lipinski definition) is 5. The standard InChI is InChI=1S/C26H37N5O8S2/c1-16(32)27-20(25(36)37)14-40-11-9-31(10-12-41-15-21(26(38)39)28-17(2)33)18-7-8-22-19(13-18)29-23(30(22)3)5-4-6-24(34)35/h7-8,13,20-21H,4-6,9-12,14-15H2,1-3H3,(H,27,32)(H,28,33)(H,34,35)(H,36,37)(H,38,39)/t20-,21-/m0/s1. The molecule has 0 spiro atoms. The van der Waals surface area contributed by atoms with Gasteiger partial charge in [0.2, 0.25) is 11.8 Å². The number of hydrogen-bond acceptors (Lipinski definition) is 9. The first-order valence-electron chi connectivity index (χ1n) is 13.0. The molecule has 0 bridgehead atoms. The second-order valence-electron chi connectivity index (χ2n) is 9.33. The molecule has 13 nitrogen and oxygen atoms in total. The Labute approximate surface area is 246 Å². The van der Waals surface area contributed by atoms with Gasteiger partial charge in [0, 0.05) is 75.5 Å². The van der Waals surface area contributed by atoms with Crippen molar-refractivity contribution in [2.45, 2.75) is 45.2 Å². The van der Waals surface area contributed by atoms with Crippen molar-refractivity contribution in [1.82, 2.24) is 20.2 Å². The first-order valence-corrected chi connectivity index (χ1v) is 15.3. The van der Waals surface area contributed by atoms with Gasteiger partial charge < -0.3 is 35.4 Å². The summed E-state index contributed by atoms with van der Waals surface area (Å²) in [6, 6.07) is 3.86. The van der Waals surface area contributed by atoms with Gasteiger partial charge in [-0.1, -0.05) is 0 Å². The lowest BCUT2D eigenvalue weighted by Gasteiger charge is -2.25. The van der Waals surface area contributed by atoms with Crippen LogP contribution in [-0.4, -0.2) is 103 Å². The minimum absolute atomic E-state index is 0.0624. The number of carbonyl (C=O) groups excluding carboxylic acids is 2. The van der Waals surface area contributed by atoms with E-state index in [9.17, 15) is 34.2 Å². The van der Waals surface area contributed by atoms with Crippen molar-refractivity contribution in [2.75, 3.05) is 41.0 Å². The van der Waals surface area contributed by atoms with Crippen molar-refractivity contribution in [1.29, 1.82) is 0 Å². The van der Waals surface area contributed by atoms with Crippen LogP contribution in [0, 0.1) is 0 Å². The van der Waals surface area contributed by atoms with Gasteiger partial charge in [0.1, 0.15) is 17.9 Å². The Kier molecular flexibility index (Phi) is 13.8. The zero-order chi connectivity index (χ0) is 30.5. The molecule has 0 radical (unpaired) electrons. The molecule has 0 aliphatic carbocycles. The number of nitrogens with zero attached hydrogens (tertiary/aromatic N) is 3. The third-order valence-electron chi connectivity index (χ3n) is 6.04. The number of thioether (sulfide) groups is 2. The number of benzene rings is 1. The highest BCUT2D eigenvalue weighted by atomic mass is 32.2. The van der Waals surface area contributed by atoms with Crippen LogP contribution in [0.1, 0.15) is 32.5 Å². The highest BCUT2D eigenvalue weighted by molar-refractivity contribution is 7.99. The molecule has 0 aliphatic rings. The number of carboxylic acid groups (broad SMARTS) is 3. The Balaban J connectivity index is 2.13. The van der Waals surface area contributed by atoms with E-state index in [1.807, 2.05) is 29.8 Å². The number of aryl methyl sites for hydroxylation is 2. The number of fused-ring (bicyclic) bond motifs is 1. The molecule has 0 fully saturated rings. The van der Waals surface area contributed by atoms with Gasteiger partial charge in [-0.3, -0.25) is 14.4 Å². The van der Waals surface area contributed by atoms with Crippen LogP contribution in [0.5, 0.6) is 0 Å². The first-order chi connectivity index (χ1) is 19.4. The fraction of sp³-hybridized carbons (Fsp3) is 0.538. The maximum Gasteiger partial charge on any atom is 0.327 e. The van der Waals surface area contributed by atoms with Crippen molar-refractivity contribution in [3.05, 3.63) is 24.0 Å². The maximum atomic E-state index is 11.4. The third kappa shape index (κ3) is 11.5. The highest BCUT2D eigenvalue weighted by Crippen LogP contribution is 2.24. The van der Waals surface area contributed by atoms with Crippen molar-refractivity contribution < 1.29 is 39.3 Å². The average Bonchev–Trinajstić information content (AvgIpc) is 3.19. The number of aromatic nitrogens is 2. The summed E-state index contributed by atoms with van der Waals surface area (Å²) in [6.07, 6.45) is 1.07. The lowest BCUT2D eigenvalue weighted by Crippen LogP contribution is -2.42. The van der Waals surface area contributed by atoms with Gasteiger partial charge in [0.25, 0.3) is 0 Å². The van der Waals surface area contributed by atoms with Crippen LogP contribution < -0.4 is 15.5 Å². The van der Waals surface area contributed by atoms with Gasteiger partial charge in [0.15, 0.2) is 0 Å². The van der Waals surface area contributed by atoms with Crippen LogP contribution in [0.25, 0.3) is 11.0 Å². The van der Waals surface area contributed by atoms with Gasteiger partial charge in [0.05, 0.1) is 11.0 Å². The van der Waals surface area contributed by atoms with Crippen molar-refractivity contribution in [2.24, 2.45) is 7.05 Å². The van der Waals surface area contributed by atoms with Crippen molar-refractivity contribution >= 4 is 70.0 Å². The molecular weight excluding hydrogens is 574 g/mol. The largest absolute Gasteiger partial charge is 0.481 e. The van der Waals surface area contributed by atoms with Crippen LogP contribution in [0.4, 0.5) is 5.69 Å². The molecule has 1 aromatic heterocycles. The van der Waals surface area contributed by atoms with E-state index in [1.54, 1.807) is 0 Å². The summed E-state index contributed by atoms with van der Waals surface area (Å²) >= 11 is 2.79. The molecule has 0 saturated heterocycles. The first kappa shape index (κ1) is 33.7. The van der Waals surface area contributed by atoms with Crippen LogP contribution in [0.2, 0.25) is 0 Å². The number of nitrogens with one attached hydrogen (secondary N) is 2. The number of anilines is 1. The smallest absolute Gasteiger partial charge is 0.327 e. The minimum Gasteiger partial charge on any atom is -0.481 e. The van der Waals surface area contributed by atoms with Gasteiger partial charge in [-0.05, 0) is 24.6 Å². The molecule has 2 aromatic rings. The molecule has 1 aromatic carbocycles. The normalized spacial score (nSPS) is 12.5. The van der Waals surface area contributed by atoms with Crippen LogP contribution >= 0.6 is 23.5 Å². The fourth-order valence-electron chi connectivity index (χ4n) is 4.02. The Bertz CT molecular complexity index is 1200. The zero-order valence-electron chi connectivity index (χ0n) is 23.3. The van der Waals surface area contributed by atoms with E-state index < -0.39 is 41.8 Å². The SMILES string of the molecule is CC(=O)N[C@@H](CSCCN(CCSC[C@H](NC(C)=O)C(=O)O)c1ccc2c(c1)nc(CCCC(=O)O)n2C)C(=O)O. The summed E-state index contributed by atoms with van der Waals surface area (Å²) in [6.45, 7) is 3.64. The second kappa shape index (κ2) is 16.7. The summed E-state index contributed by atoms with van der Waals surface area (Å²) in [5.41, 5.74) is 2.54. The molecule has 1 heterocycles. The van der Waals surface area contributed by atoms with Gasteiger partial charge in [-0.2, -0.15) is 23.5 Å². The van der Waals surface area contributed by atoms with Crippen molar-refractivity contribution in [3.8, 4) is 0 Å². The summed E-state index contributed by atoms with van der Waals surface area (Å²) in [5, 5.41) is 32.5. The number of carboxylic acids is 3. The Morgan fingerprint density at radius 2 is 1.46 bits per heavy atom. The second-order valence-corrected chi connectivity index (χ2v) is 11.6. The number of aliphatic carboxylic acids is 3. The molecule has 2 amide bonds. The van der Waals surface area contributed by atoms with E-state index in [4.69, 9.17) is 10.1 Å². The molecule has 41 heavy (non-hydrogen) atoms. The van der Waals surface area contributed by atoms with Crippen LogP contribution in [-0.2, 0) is 37.4 Å². The molecule has 2 atom stereocenters. The lowest BCUT2D eigenvalue weighted by molar-refractivity contribution is -0.141. The fourth-order valence-corrected chi connectivity index (χ4v) is 5.97. The molecule has 226 valence electrons. The number of amides is 2. The molecule has 5 N–H and O–H groups in total. The Hall–Kier alpha value is -3.46. The molecular formula is C26H37N5O8S2. The molecule has 0 unspecified atom stereocenters. The number of rotatable bonds is 19. The monoisotopic (exact) mass is 611 g/mol. The topological polar surface area (TPSA) is 191 Å². The van der Waals surface area contributed by atoms with Gasteiger partial charge >= 0.3 is 17.9 Å². The zero-order valence-corrected chi connectivity index (χ0v) is 24.9.